The van der Waals surface area contributed by atoms with Crippen molar-refractivity contribution in [2.24, 2.45) is 5.10 Å². The Hall–Kier alpha value is -3.07. The number of hydrazone groups is 1. The molecule has 0 saturated carbocycles. The molecule has 0 bridgehead atoms. The monoisotopic (exact) mass is 413 g/mol. The highest BCUT2D eigenvalue weighted by Gasteiger charge is 2.33. The van der Waals surface area contributed by atoms with Crippen molar-refractivity contribution in [2.75, 3.05) is 5.32 Å². The molecule has 2 aromatic carbocycles. The van der Waals surface area contributed by atoms with Crippen molar-refractivity contribution in [1.29, 1.82) is 0 Å². The molecule has 3 N–H and O–H groups in total. The molecule has 6 nitrogen and oxygen atoms in total. The molecule has 0 saturated heterocycles. The van der Waals surface area contributed by atoms with Gasteiger partial charge in [-0.2, -0.15) is 18.3 Å². The van der Waals surface area contributed by atoms with Crippen LogP contribution in [0, 0.1) is 0 Å². The van der Waals surface area contributed by atoms with Crippen LogP contribution in [0.3, 0.4) is 0 Å². The molecule has 0 aliphatic heterocycles. The minimum Gasteiger partial charge on any atom is -0.508 e. The molecule has 0 radical (unpaired) electrons. The van der Waals surface area contributed by atoms with Gasteiger partial charge in [-0.15, -0.1) is 0 Å². The van der Waals surface area contributed by atoms with E-state index in [4.69, 9.17) is 11.6 Å². The molecule has 2 rings (SSSR count). The number of amides is 2. The van der Waals surface area contributed by atoms with Crippen molar-refractivity contribution in [1.82, 2.24) is 5.43 Å². The van der Waals surface area contributed by atoms with Crippen molar-refractivity contribution < 1.29 is 27.9 Å². The van der Waals surface area contributed by atoms with E-state index in [0.29, 0.717) is 0 Å². The highest BCUT2D eigenvalue weighted by molar-refractivity contribution is 6.31. The van der Waals surface area contributed by atoms with E-state index in [0.717, 1.165) is 12.1 Å². The zero-order valence-electron chi connectivity index (χ0n) is 14.5. The Labute approximate surface area is 163 Å². The molecule has 0 heterocycles. The first-order valence-corrected chi connectivity index (χ1v) is 8.23. The third kappa shape index (κ3) is 5.98. The summed E-state index contributed by atoms with van der Waals surface area (Å²) >= 11 is 5.53. The number of carbonyl (C=O) groups is 2. The number of alkyl halides is 3. The zero-order chi connectivity index (χ0) is 20.9. The number of benzene rings is 2. The van der Waals surface area contributed by atoms with Crippen LogP contribution < -0.4 is 10.7 Å². The minimum absolute atomic E-state index is 0.00350. The Balaban J connectivity index is 1.96. The Morgan fingerprint density at radius 1 is 1.14 bits per heavy atom. The average molecular weight is 414 g/mol. The number of aromatic hydroxyl groups is 1. The van der Waals surface area contributed by atoms with Gasteiger partial charge < -0.3 is 10.4 Å². The van der Waals surface area contributed by atoms with Gasteiger partial charge in [0.1, 0.15) is 5.75 Å². The first-order valence-electron chi connectivity index (χ1n) is 7.85. The lowest BCUT2D eigenvalue weighted by molar-refractivity contribution is -0.137. The fraction of sp³-hybridized carbons (Fsp3) is 0.167. The van der Waals surface area contributed by atoms with E-state index in [1.165, 1.54) is 37.3 Å². The van der Waals surface area contributed by atoms with Crippen LogP contribution in [0.1, 0.15) is 29.3 Å². The number of phenolic OH excluding ortho intramolecular Hbond substituents is 1. The first-order chi connectivity index (χ1) is 13.1. The Morgan fingerprint density at radius 2 is 1.79 bits per heavy atom. The van der Waals surface area contributed by atoms with Crippen LogP contribution in [0.4, 0.5) is 18.9 Å². The summed E-state index contributed by atoms with van der Waals surface area (Å²) in [4.78, 5) is 23.9. The maximum absolute atomic E-state index is 12.8. The number of hydrogen-bond donors (Lipinski definition) is 3. The molecule has 148 valence electrons. The number of rotatable bonds is 5. The molecule has 10 heteroatoms. The van der Waals surface area contributed by atoms with Crippen molar-refractivity contribution in [3.63, 3.8) is 0 Å². The molecule has 0 aliphatic carbocycles. The Kier molecular flexibility index (Phi) is 6.63. The number of nitrogens with zero attached hydrogens (tertiary/aromatic N) is 1. The van der Waals surface area contributed by atoms with Crippen LogP contribution in [0.25, 0.3) is 0 Å². The van der Waals surface area contributed by atoms with E-state index < -0.39 is 28.6 Å². The third-order valence-electron chi connectivity index (χ3n) is 3.45. The largest absolute Gasteiger partial charge is 0.508 e. The molecule has 0 unspecified atom stereocenters. The summed E-state index contributed by atoms with van der Waals surface area (Å²) in [5, 5.41) is 14.8. The van der Waals surface area contributed by atoms with E-state index in [9.17, 15) is 27.9 Å². The fourth-order valence-electron chi connectivity index (χ4n) is 2.12. The quantitative estimate of drug-likeness (QED) is 0.507. The third-order valence-corrected chi connectivity index (χ3v) is 3.78. The average Bonchev–Trinajstić information content (AvgIpc) is 2.61. The van der Waals surface area contributed by atoms with E-state index in [2.05, 4.69) is 15.8 Å². The van der Waals surface area contributed by atoms with Crippen molar-refractivity contribution in [3.05, 3.63) is 58.6 Å². The van der Waals surface area contributed by atoms with Gasteiger partial charge >= 0.3 is 6.18 Å². The summed E-state index contributed by atoms with van der Waals surface area (Å²) in [5.41, 5.74) is 1.60. The summed E-state index contributed by atoms with van der Waals surface area (Å²) in [7, 11) is 0. The zero-order valence-corrected chi connectivity index (χ0v) is 15.2. The minimum atomic E-state index is -4.65. The van der Waals surface area contributed by atoms with Gasteiger partial charge in [0.15, 0.2) is 0 Å². The van der Waals surface area contributed by atoms with E-state index in [1.54, 1.807) is 0 Å². The molecule has 0 spiro atoms. The summed E-state index contributed by atoms with van der Waals surface area (Å²) in [6.45, 7) is 1.47. The predicted octanol–water partition coefficient (Wildman–Crippen LogP) is 4.20. The van der Waals surface area contributed by atoms with Crippen LogP contribution in [-0.4, -0.2) is 22.6 Å². The number of nitrogens with one attached hydrogen (secondary N) is 2. The van der Waals surface area contributed by atoms with E-state index in [1.807, 2.05) is 0 Å². The molecule has 28 heavy (non-hydrogen) atoms. The van der Waals surface area contributed by atoms with Crippen LogP contribution in [0.5, 0.6) is 5.75 Å². The maximum atomic E-state index is 12.8. The normalized spacial score (nSPS) is 11.8. The second-order valence-corrected chi connectivity index (χ2v) is 6.16. The second-order valence-electron chi connectivity index (χ2n) is 5.75. The van der Waals surface area contributed by atoms with Gasteiger partial charge in [0.25, 0.3) is 5.91 Å². The molecule has 2 amide bonds. The van der Waals surface area contributed by atoms with E-state index in [-0.39, 0.29) is 29.1 Å². The number of phenols is 1. The highest BCUT2D eigenvalue weighted by atomic mass is 35.5. The highest BCUT2D eigenvalue weighted by Crippen LogP contribution is 2.36. The van der Waals surface area contributed by atoms with Gasteiger partial charge in [-0.25, -0.2) is 5.43 Å². The molecule has 0 atom stereocenters. The van der Waals surface area contributed by atoms with Crippen molar-refractivity contribution in [3.8, 4) is 5.75 Å². The molecular weight excluding hydrogens is 399 g/mol. The lowest BCUT2D eigenvalue weighted by atomic mass is 10.2. The topological polar surface area (TPSA) is 90.8 Å². The van der Waals surface area contributed by atoms with E-state index >= 15 is 0 Å². The van der Waals surface area contributed by atoms with Crippen molar-refractivity contribution in [2.45, 2.75) is 19.5 Å². The van der Waals surface area contributed by atoms with Crippen molar-refractivity contribution >= 4 is 34.8 Å². The summed E-state index contributed by atoms with van der Waals surface area (Å²) < 4.78 is 38.5. The second kappa shape index (κ2) is 8.75. The number of hydrogen-bond acceptors (Lipinski definition) is 4. The molecule has 0 aliphatic rings. The van der Waals surface area contributed by atoms with Gasteiger partial charge in [-0.3, -0.25) is 9.59 Å². The lowest BCUT2D eigenvalue weighted by Crippen LogP contribution is -2.21. The Bertz CT molecular complexity index is 913. The molecule has 2 aromatic rings. The number of carbonyl (C=O) groups excluding carboxylic acids is 2. The van der Waals surface area contributed by atoms with Crippen LogP contribution in [-0.2, 0) is 11.0 Å². The standard InChI is InChI=1S/C18H15ClF3N3O3/c1-10(24-25-17(28)11-2-5-13(26)6-3-11)8-16(27)23-12-4-7-15(19)14(9-12)18(20,21)22/h2-7,9,26H,8H2,1H3,(H,23,27)(H,25,28)/b24-10+. The fourth-order valence-corrected chi connectivity index (χ4v) is 2.35. The van der Waals surface area contributed by atoms with Crippen LogP contribution >= 0.6 is 11.6 Å². The van der Waals surface area contributed by atoms with Gasteiger partial charge in [0.05, 0.1) is 17.0 Å². The molecule has 0 aromatic heterocycles. The van der Waals surface area contributed by atoms with Gasteiger partial charge in [-0.1, -0.05) is 11.6 Å². The number of anilines is 1. The Morgan fingerprint density at radius 3 is 2.39 bits per heavy atom. The SMILES string of the molecule is C/C(CC(=O)Nc1ccc(Cl)c(C(F)(F)F)c1)=N\NC(=O)c1ccc(O)cc1. The molecule has 0 fully saturated rings. The predicted molar refractivity (Wildman–Crippen MR) is 98.4 cm³/mol. The maximum Gasteiger partial charge on any atom is 0.417 e. The summed E-state index contributed by atoms with van der Waals surface area (Å²) in [6, 6.07) is 8.47. The van der Waals surface area contributed by atoms with Crippen LogP contribution in [0.15, 0.2) is 47.6 Å². The summed E-state index contributed by atoms with van der Waals surface area (Å²) in [6.07, 6.45) is -4.90. The smallest absolute Gasteiger partial charge is 0.417 e. The molecular formula is C18H15ClF3N3O3. The van der Waals surface area contributed by atoms with Gasteiger partial charge in [0, 0.05) is 17.0 Å². The van der Waals surface area contributed by atoms with Gasteiger partial charge in [0.2, 0.25) is 5.91 Å². The summed E-state index contributed by atoms with van der Waals surface area (Å²) in [5.74, 6) is -1.16. The first kappa shape index (κ1) is 21.2. The van der Waals surface area contributed by atoms with Gasteiger partial charge in [-0.05, 0) is 49.4 Å². The lowest BCUT2D eigenvalue weighted by Gasteiger charge is -2.11. The number of halogens is 4. The van der Waals surface area contributed by atoms with Crippen LogP contribution in [0.2, 0.25) is 5.02 Å².